The van der Waals surface area contributed by atoms with E-state index in [4.69, 9.17) is 4.74 Å². The Morgan fingerprint density at radius 2 is 2.37 bits per heavy atom. The molecular formula is C13H17BrN4O. The second-order valence-electron chi connectivity index (χ2n) is 4.90. The molecule has 19 heavy (non-hydrogen) atoms. The normalized spacial score (nSPS) is 19.9. The predicted octanol–water partition coefficient (Wildman–Crippen LogP) is 2.01. The lowest BCUT2D eigenvalue weighted by Crippen LogP contribution is -2.29. The Bertz CT molecular complexity index is 551. The number of aromatic nitrogens is 3. The zero-order valence-corrected chi connectivity index (χ0v) is 12.3. The van der Waals surface area contributed by atoms with Crippen LogP contribution in [0, 0.1) is 5.92 Å². The number of fused-ring (bicyclic) bond motifs is 1. The van der Waals surface area contributed by atoms with Crippen LogP contribution in [0.25, 0.3) is 5.65 Å². The summed E-state index contributed by atoms with van der Waals surface area (Å²) in [7, 11) is 0. The van der Waals surface area contributed by atoms with Crippen LogP contribution >= 0.6 is 15.9 Å². The molecule has 2 aromatic heterocycles. The van der Waals surface area contributed by atoms with Gasteiger partial charge in [-0.15, -0.1) is 0 Å². The van der Waals surface area contributed by atoms with E-state index >= 15 is 0 Å². The average Bonchev–Trinajstić information content (AvgIpc) is 2.83. The zero-order chi connectivity index (χ0) is 13.1. The minimum atomic E-state index is 0.640. The van der Waals surface area contributed by atoms with E-state index in [1.54, 1.807) is 6.20 Å². The Morgan fingerprint density at radius 1 is 1.42 bits per heavy atom. The summed E-state index contributed by atoms with van der Waals surface area (Å²) in [5, 5.41) is 3.49. The summed E-state index contributed by atoms with van der Waals surface area (Å²) in [6, 6.07) is 0. The Kier molecular flexibility index (Phi) is 4.10. The number of hydrogen-bond acceptors (Lipinski definition) is 4. The molecule has 1 unspecified atom stereocenters. The van der Waals surface area contributed by atoms with Gasteiger partial charge in [0.05, 0.1) is 24.7 Å². The molecule has 0 amide bonds. The SMILES string of the molecule is Brc1cn2c(CNCC3CCCOC3)cnc2cn1. The van der Waals surface area contributed by atoms with Gasteiger partial charge < -0.3 is 10.1 Å². The topological polar surface area (TPSA) is 51.5 Å². The fourth-order valence-corrected chi connectivity index (χ4v) is 2.73. The van der Waals surface area contributed by atoms with Crippen LogP contribution < -0.4 is 5.32 Å². The molecule has 3 heterocycles. The van der Waals surface area contributed by atoms with Crippen molar-refractivity contribution in [2.45, 2.75) is 19.4 Å². The first-order chi connectivity index (χ1) is 9.33. The van der Waals surface area contributed by atoms with E-state index in [2.05, 4.69) is 35.6 Å². The van der Waals surface area contributed by atoms with Gasteiger partial charge in [-0.25, -0.2) is 9.97 Å². The molecule has 0 radical (unpaired) electrons. The molecule has 1 N–H and O–H groups in total. The molecule has 2 aromatic rings. The Morgan fingerprint density at radius 3 is 3.21 bits per heavy atom. The molecular weight excluding hydrogens is 308 g/mol. The zero-order valence-electron chi connectivity index (χ0n) is 10.7. The van der Waals surface area contributed by atoms with Crippen molar-refractivity contribution in [2.24, 2.45) is 5.92 Å². The highest BCUT2D eigenvalue weighted by molar-refractivity contribution is 9.10. The number of ether oxygens (including phenoxy) is 1. The van der Waals surface area contributed by atoms with Crippen LogP contribution in [-0.4, -0.2) is 34.1 Å². The Balaban J connectivity index is 1.60. The molecule has 6 heteroatoms. The van der Waals surface area contributed by atoms with E-state index in [0.29, 0.717) is 5.92 Å². The van der Waals surface area contributed by atoms with Gasteiger partial charge >= 0.3 is 0 Å². The molecule has 0 bridgehead atoms. The minimum absolute atomic E-state index is 0.640. The monoisotopic (exact) mass is 324 g/mol. The van der Waals surface area contributed by atoms with Gasteiger partial charge in [-0.3, -0.25) is 4.40 Å². The van der Waals surface area contributed by atoms with E-state index in [-0.39, 0.29) is 0 Å². The molecule has 1 atom stereocenters. The van der Waals surface area contributed by atoms with E-state index in [9.17, 15) is 0 Å². The lowest BCUT2D eigenvalue weighted by molar-refractivity contribution is 0.0547. The van der Waals surface area contributed by atoms with Gasteiger partial charge in [-0.2, -0.15) is 0 Å². The van der Waals surface area contributed by atoms with Gasteiger partial charge in [0.1, 0.15) is 4.60 Å². The maximum atomic E-state index is 5.48. The van der Waals surface area contributed by atoms with E-state index in [1.807, 2.05) is 12.4 Å². The Hall–Kier alpha value is -0.980. The van der Waals surface area contributed by atoms with Crippen molar-refractivity contribution in [3.05, 3.63) is 28.9 Å². The molecule has 102 valence electrons. The third-order valence-electron chi connectivity index (χ3n) is 3.43. The highest BCUT2D eigenvalue weighted by atomic mass is 79.9. The van der Waals surface area contributed by atoms with Crippen LogP contribution in [0.2, 0.25) is 0 Å². The maximum Gasteiger partial charge on any atom is 0.155 e. The number of hydrogen-bond donors (Lipinski definition) is 1. The van der Waals surface area contributed by atoms with Crippen molar-refractivity contribution in [3.63, 3.8) is 0 Å². The quantitative estimate of drug-likeness (QED) is 0.934. The largest absolute Gasteiger partial charge is 0.381 e. The molecule has 0 aliphatic carbocycles. The molecule has 1 aliphatic rings. The number of nitrogens with one attached hydrogen (secondary N) is 1. The van der Waals surface area contributed by atoms with Gasteiger partial charge in [-0.1, -0.05) is 0 Å². The van der Waals surface area contributed by atoms with Crippen molar-refractivity contribution < 1.29 is 4.74 Å². The fourth-order valence-electron chi connectivity index (χ4n) is 2.42. The summed E-state index contributed by atoms with van der Waals surface area (Å²) in [6.45, 7) is 3.62. The van der Waals surface area contributed by atoms with Crippen LogP contribution in [0.5, 0.6) is 0 Å². The van der Waals surface area contributed by atoms with Gasteiger partial charge in [0.15, 0.2) is 5.65 Å². The van der Waals surface area contributed by atoms with Crippen LogP contribution in [0.15, 0.2) is 23.2 Å². The second-order valence-corrected chi connectivity index (χ2v) is 5.71. The molecule has 0 aromatic carbocycles. The van der Waals surface area contributed by atoms with Gasteiger partial charge in [0.25, 0.3) is 0 Å². The van der Waals surface area contributed by atoms with Crippen LogP contribution in [0.4, 0.5) is 0 Å². The molecule has 3 rings (SSSR count). The number of nitrogens with zero attached hydrogens (tertiary/aromatic N) is 3. The predicted molar refractivity (Wildman–Crippen MR) is 75.9 cm³/mol. The van der Waals surface area contributed by atoms with E-state index < -0.39 is 0 Å². The summed E-state index contributed by atoms with van der Waals surface area (Å²) in [4.78, 5) is 8.51. The van der Waals surface area contributed by atoms with Crippen molar-refractivity contribution in [1.29, 1.82) is 0 Å². The number of imidazole rings is 1. The molecule has 1 fully saturated rings. The minimum Gasteiger partial charge on any atom is -0.381 e. The third kappa shape index (κ3) is 3.13. The standard InChI is InChI=1S/C13H17BrN4O/c14-12-8-18-11(6-17-13(18)7-16-12)5-15-4-10-2-1-3-19-9-10/h6-8,10,15H,1-5,9H2. The fraction of sp³-hybridized carbons (Fsp3) is 0.538. The number of halogens is 1. The molecule has 1 saturated heterocycles. The first-order valence-corrected chi connectivity index (χ1v) is 7.38. The van der Waals surface area contributed by atoms with Crippen LogP contribution in [-0.2, 0) is 11.3 Å². The summed E-state index contributed by atoms with van der Waals surface area (Å²) in [5.41, 5.74) is 2.02. The highest BCUT2D eigenvalue weighted by Gasteiger charge is 2.13. The lowest BCUT2D eigenvalue weighted by atomic mass is 10.0. The van der Waals surface area contributed by atoms with Crippen molar-refractivity contribution in [1.82, 2.24) is 19.7 Å². The first-order valence-electron chi connectivity index (χ1n) is 6.59. The molecule has 5 nitrogen and oxygen atoms in total. The Labute approximate surface area is 120 Å². The molecule has 0 spiro atoms. The van der Waals surface area contributed by atoms with Gasteiger partial charge in [0.2, 0.25) is 0 Å². The summed E-state index contributed by atoms with van der Waals surface area (Å²) in [6.07, 6.45) is 8.05. The lowest BCUT2D eigenvalue weighted by Gasteiger charge is -2.22. The van der Waals surface area contributed by atoms with Crippen LogP contribution in [0.3, 0.4) is 0 Å². The van der Waals surface area contributed by atoms with Gasteiger partial charge in [-0.05, 0) is 34.7 Å². The van der Waals surface area contributed by atoms with Crippen molar-refractivity contribution in [2.75, 3.05) is 19.8 Å². The average molecular weight is 325 g/mol. The second kappa shape index (κ2) is 5.98. The third-order valence-corrected chi connectivity index (χ3v) is 3.84. The molecule has 0 saturated carbocycles. The molecule has 1 aliphatic heterocycles. The first kappa shape index (κ1) is 13.0. The van der Waals surface area contributed by atoms with Crippen molar-refractivity contribution in [3.8, 4) is 0 Å². The van der Waals surface area contributed by atoms with Crippen molar-refractivity contribution >= 4 is 21.6 Å². The van der Waals surface area contributed by atoms with Crippen LogP contribution in [0.1, 0.15) is 18.5 Å². The van der Waals surface area contributed by atoms with E-state index in [0.717, 1.165) is 42.2 Å². The smallest absolute Gasteiger partial charge is 0.155 e. The summed E-state index contributed by atoms with van der Waals surface area (Å²) < 4.78 is 8.36. The maximum absolute atomic E-state index is 5.48. The summed E-state index contributed by atoms with van der Waals surface area (Å²) >= 11 is 3.39. The highest BCUT2D eigenvalue weighted by Crippen LogP contribution is 2.13. The number of rotatable bonds is 4. The summed E-state index contributed by atoms with van der Waals surface area (Å²) in [5.74, 6) is 0.640. The van der Waals surface area contributed by atoms with E-state index in [1.165, 1.54) is 12.8 Å². The van der Waals surface area contributed by atoms with Gasteiger partial charge in [0, 0.05) is 25.9 Å².